The van der Waals surface area contributed by atoms with Gasteiger partial charge in [-0.3, -0.25) is 9.36 Å². The summed E-state index contributed by atoms with van der Waals surface area (Å²) in [6.07, 6.45) is 0.629. The van der Waals surface area contributed by atoms with E-state index >= 15 is 0 Å². The van der Waals surface area contributed by atoms with Gasteiger partial charge in [-0.1, -0.05) is 25.1 Å². The quantitative estimate of drug-likeness (QED) is 0.627. The fourth-order valence-electron chi connectivity index (χ4n) is 3.69. The van der Waals surface area contributed by atoms with Crippen molar-refractivity contribution < 1.29 is 9.53 Å². The van der Waals surface area contributed by atoms with E-state index in [0.717, 1.165) is 0 Å². The first-order valence-electron chi connectivity index (χ1n) is 10.2. The first kappa shape index (κ1) is 21.4. The Morgan fingerprint density at radius 1 is 1.17 bits per heavy atom. The Labute approximate surface area is 176 Å². The topological polar surface area (TPSA) is 76.5 Å². The molecule has 7 nitrogen and oxygen atoms in total. The lowest BCUT2D eigenvalue weighted by Crippen LogP contribution is -2.40. The minimum absolute atomic E-state index is 0.0826. The summed E-state index contributed by atoms with van der Waals surface area (Å²) in [7, 11) is 1.59. The number of nitrogens with zero attached hydrogens (tertiary/aromatic N) is 3. The number of ether oxygens (including phenoxy) is 1. The van der Waals surface area contributed by atoms with E-state index in [2.05, 4.69) is 5.32 Å². The average molecular weight is 409 g/mol. The van der Waals surface area contributed by atoms with Gasteiger partial charge in [0.15, 0.2) is 0 Å². The normalized spacial score (nSPS) is 11.9. The van der Waals surface area contributed by atoms with E-state index in [1.54, 1.807) is 28.7 Å². The number of urea groups is 1. The van der Waals surface area contributed by atoms with Gasteiger partial charge in [0.25, 0.3) is 5.56 Å². The van der Waals surface area contributed by atoms with E-state index in [1.807, 2.05) is 57.2 Å². The van der Waals surface area contributed by atoms with Gasteiger partial charge in [0.2, 0.25) is 0 Å². The predicted octanol–water partition coefficient (Wildman–Crippen LogP) is 4.43. The summed E-state index contributed by atoms with van der Waals surface area (Å²) in [5.74, 6) is 1.27. The van der Waals surface area contributed by atoms with Gasteiger partial charge in [-0.2, -0.15) is 0 Å². The van der Waals surface area contributed by atoms with Gasteiger partial charge < -0.3 is 15.0 Å². The predicted molar refractivity (Wildman–Crippen MR) is 119 cm³/mol. The molecule has 0 saturated carbocycles. The van der Waals surface area contributed by atoms with E-state index in [1.165, 1.54) is 0 Å². The lowest BCUT2D eigenvalue weighted by atomic mass is 10.1. The highest BCUT2D eigenvalue weighted by atomic mass is 16.5. The zero-order valence-corrected chi connectivity index (χ0v) is 17.9. The summed E-state index contributed by atoms with van der Waals surface area (Å²) >= 11 is 0. The van der Waals surface area contributed by atoms with E-state index in [9.17, 15) is 9.59 Å². The highest BCUT2D eigenvalue weighted by molar-refractivity contribution is 5.89. The van der Waals surface area contributed by atoms with E-state index in [-0.39, 0.29) is 17.6 Å². The summed E-state index contributed by atoms with van der Waals surface area (Å²) in [5, 5.41) is 3.52. The Kier molecular flexibility index (Phi) is 6.72. The number of hydrogen-bond acceptors (Lipinski definition) is 4. The van der Waals surface area contributed by atoms with Crippen molar-refractivity contribution >= 4 is 22.6 Å². The van der Waals surface area contributed by atoms with Gasteiger partial charge in [0.1, 0.15) is 11.6 Å². The SMILES string of the molecule is CCC(c1nc2ccccc2c(=O)n1CC)N(CC)C(=O)Nc1cccc(OC)c1. The van der Waals surface area contributed by atoms with Crippen molar-refractivity contribution in [3.63, 3.8) is 0 Å². The fourth-order valence-corrected chi connectivity index (χ4v) is 3.69. The monoisotopic (exact) mass is 408 g/mol. The zero-order chi connectivity index (χ0) is 21.7. The van der Waals surface area contributed by atoms with Crippen LogP contribution in [-0.4, -0.2) is 34.1 Å². The van der Waals surface area contributed by atoms with Crippen molar-refractivity contribution in [2.24, 2.45) is 0 Å². The molecule has 1 heterocycles. The van der Waals surface area contributed by atoms with Crippen LogP contribution >= 0.6 is 0 Å². The van der Waals surface area contributed by atoms with Crippen LogP contribution in [0.1, 0.15) is 39.1 Å². The molecule has 3 rings (SSSR count). The average Bonchev–Trinajstić information content (AvgIpc) is 2.77. The smallest absolute Gasteiger partial charge is 0.322 e. The van der Waals surface area contributed by atoms with Crippen LogP contribution in [-0.2, 0) is 6.54 Å². The number of aromatic nitrogens is 2. The van der Waals surface area contributed by atoms with Crippen LogP contribution in [0.5, 0.6) is 5.75 Å². The molecule has 3 aromatic rings. The third kappa shape index (κ3) is 4.15. The fraction of sp³-hybridized carbons (Fsp3) is 0.348. The van der Waals surface area contributed by atoms with Crippen LogP contribution in [0.4, 0.5) is 10.5 Å². The molecule has 1 aromatic heterocycles. The number of benzene rings is 2. The van der Waals surface area contributed by atoms with Crippen molar-refractivity contribution in [2.75, 3.05) is 19.0 Å². The molecule has 7 heteroatoms. The highest BCUT2D eigenvalue weighted by Crippen LogP contribution is 2.25. The molecule has 1 unspecified atom stereocenters. The summed E-state index contributed by atoms with van der Waals surface area (Å²) in [4.78, 5) is 32.7. The summed E-state index contributed by atoms with van der Waals surface area (Å²) in [5.41, 5.74) is 1.21. The Bertz CT molecular complexity index is 1090. The Morgan fingerprint density at radius 3 is 2.60 bits per heavy atom. The molecule has 0 saturated heterocycles. The van der Waals surface area contributed by atoms with Gasteiger partial charge in [-0.05, 0) is 44.5 Å². The van der Waals surface area contributed by atoms with Crippen LogP contribution in [0.2, 0.25) is 0 Å². The maximum absolute atomic E-state index is 13.1. The number of para-hydroxylation sites is 1. The molecule has 0 aliphatic heterocycles. The molecule has 0 aliphatic carbocycles. The molecule has 0 aliphatic rings. The molecule has 158 valence electrons. The van der Waals surface area contributed by atoms with Gasteiger partial charge >= 0.3 is 6.03 Å². The highest BCUT2D eigenvalue weighted by Gasteiger charge is 2.27. The summed E-state index contributed by atoms with van der Waals surface area (Å²) in [6.45, 7) is 6.79. The molecule has 0 spiro atoms. The minimum atomic E-state index is -0.335. The number of fused-ring (bicyclic) bond motifs is 1. The van der Waals surface area contributed by atoms with Crippen molar-refractivity contribution in [1.29, 1.82) is 0 Å². The molecule has 2 amide bonds. The maximum atomic E-state index is 13.1. The van der Waals surface area contributed by atoms with Gasteiger partial charge in [0, 0.05) is 24.8 Å². The van der Waals surface area contributed by atoms with Gasteiger partial charge in [0.05, 0.1) is 24.1 Å². The van der Waals surface area contributed by atoms with Crippen LogP contribution < -0.4 is 15.6 Å². The Balaban J connectivity index is 2.00. The zero-order valence-electron chi connectivity index (χ0n) is 17.9. The minimum Gasteiger partial charge on any atom is -0.497 e. The second-order valence-electron chi connectivity index (χ2n) is 6.91. The van der Waals surface area contributed by atoms with Crippen molar-refractivity contribution in [3.05, 3.63) is 64.7 Å². The second-order valence-corrected chi connectivity index (χ2v) is 6.91. The van der Waals surface area contributed by atoms with Crippen molar-refractivity contribution in [2.45, 2.75) is 39.8 Å². The molecule has 2 aromatic carbocycles. The molecule has 0 fully saturated rings. The molecular weight excluding hydrogens is 380 g/mol. The first-order chi connectivity index (χ1) is 14.5. The number of anilines is 1. The standard InChI is InChI=1S/C23H28N4O3/c1-5-20(21-25-19-14-9-8-13-18(19)22(28)27(21)7-3)26(6-2)23(29)24-16-11-10-12-17(15-16)30-4/h8-15,20H,5-7H2,1-4H3,(H,24,29). The van der Waals surface area contributed by atoms with Crippen LogP contribution in [0.3, 0.4) is 0 Å². The lowest BCUT2D eigenvalue weighted by molar-refractivity contribution is 0.184. The summed E-state index contributed by atoms with van der Waals surface area (Å²) < 4.78 is 6.90. The molecule has 1 atom stereocenters. The molecular formula is C23H28N4O3. The van der Waals surface area contributed by atoms with Crippen LogP contribution in [0.25, 0.3) is 10.9 Å². The van der Waals surface area contributed by atoms with E-state index < -0.39 is 0 Å². The van der Waals surface area contributed by atoms with Crippen molar-refractivity contribution in [1.82, 2.24) is 14.5 Å². The summed E-state index contributed by atoms with van der Waals surface area (Å²) in [6, 6.07) is 14.0. The third-order valence-corrected chi connectivity index (χ3v) is 5.19. The number of hydrogen-bond donors (Lipinski definition) is 1. The van der Waals surface area contributed by atoms with Crippen LogP contribution in [0.15, 0.2) is 53.3 Å². The molecule has 0 bridgehead atoms. The Hall–Kier alpha value is -3.35. The molecule has 0 radical (unpaired) electrons. The number of carbonyl (C=O) groups excluding carboxylic acids is 1. The maximum Gasteiger partial charge on any atom is 0.322 e. The number of rotatable bonds is 7. The largest absolute Gasteiger partial charge is 0.497 e. The molecule has 1 N–H and O–H groups in total. The lowest BCUT2D eigenvalue weighted by Gasteiger charge is -2.31. The van der Waals surface area contributed by atoms with Crippen LogP contribution in [0, 0.1) is 0 Å². The third-order valence-electron chi connectivity index (χ3n) is 5.19. The number of carbonyl (C=O) groups is 1. The Morgan fingerprint density at radius 2 is 1.93 bits per heavy atom. The van der Waals surface area contributed by atoms with Gasteiger partial charge in [-0.15, -0.1) is 0 Å². The number of amides is 2. The number of nitrogens with one attached hydrogen (secondary N) is 1. The number of methoxy groups -OCH3 is 1. The van der Waals surface area contributed by atoms with E-state index in [4.69, 9.17) is 9.72 Å². The van der Waals surface area contributed by atoms with Gasteiger partial charge in [-0.25, -0.2) is 9.78 Å². The molecule has 30 heavy (non-hydrogen) atoms. The van der Waals surface area contributed by atoms with E-state index in [0.29, 0.717) is 47.7 Å². The second kappa shape index (κ2) is 9.43. The van der Waals surface area contributed by atoms with Crippen molar-refractivity contribution in [3.8, 4) is 5.75 Å². The first-order valence-corrected chi connectivity index (χ1v) is 10.2.